The fourth-order valence-corrected chi connectivity index (χ4v) is 4.15. The van der Waals surface area contributed by atoms with Crippen molar-refractivity contribution in [2.75, 3.05) is 5.32 Å². The van der Waals surface area contributed by atoms with E-state index in [1.807, 2.05) is 30.3 Å². The minimum Gasteiger partial charge on any atom is -0.340 e. The lowest BCUT2D eigenvalue weighted by molar-refractivity contribution is -0.118. The molecule has 36 heavy (non-hydrogen) atoms. The molecule has 0 unspecified atom stereocenters. The number of hydrogen-bond donors (Lipinski definition) is 3. The topological polar surface area (TPSA) is 130 Å². The molecule has 2 heterocycles. The second-order valence-corrected chi connectivity index (χ2v) is 8.70. The van der Waals surface area contributed by atoms with Gasteiger partial charge < -0.3 is 10.6 Å². The van der Waals surface area contributed by atoms with Crippen LogP contribution in [0.2, 0.25) is 10.0 Å². The first-order valence-corrected chi connectivity index (χ1v) is 11.6. The van der Waals surface area contributed by atoms with E-state index in [4.69, 9.17) is 23.2 Å². The third-order valence-electron chi connectivity index (χ3n) is 5.49. The Hall–Kier alpha value is -4.28. The van der Waals surface area contributed by atoms with Gasteiger partial charge in [-0.2, -0.15) is 9.78 Å². The first-order chi connectivity index (χ1) is 17.5. The molecule has 0 bridgehead atoms. The van der Waals surface area contributed by atoms with E-state index in [0.717, 1.165) is 5.56 Å². The van der Waals surface area contributed by atoms with Crippen molar-refractivity contribution in [3.8, 4) is 5.69 Å². The monoisotopic (exact) mass is 520 g/mol. The summed E-state index contributed by atoms with van der Waals surface area (Å²) in [5.41, 5.74) is 2.08. The van der Waals surface area contributed by atoms with Crippen molar-refractivity contribution in [2.45, 2.75) is 12.5 Å². The number of benzene rings is 3. The molecule has 1 atom stereocenters. The van der Waals surface area contributed by atoms with E-state index < -0.39 is 17.9 Å². The standard InChI is InChI=1S/C24H18Cl2N8O2/c25-15-9-10-20(34-13-27-32-33-34)17(12-15)23(35)28-19(11-14-5-2-1-3-6-14)24(36)29-22-16-7-4-8-18(26)21(16)30-31-22/h1-10,12-13,19H,11H2,(H,28,35)(H2,29,30,31,36)/t19-/m0/s1. The normalized spacial score (nSPS) is 11.8. The highest BCUT2D eigenvalue weighted by Gasteiger charge is 2.25. The number of fused-ring (bicyclic) bond motifs is 1. The molecule has 2 amide bonds. The summed E-state index contributed by atoms with van der Waals surface area (Å²) in [7, 11) is 0. The molecule has 180 valence electrons. The number of nitrogens with zero attached hydrogens (tertiary/aromatic N) is 5. The van der Waals surface area contributed by atoms with Crippen LogP contribution >= 0.6 is 23.2 Å². The van der Waals surface area contributed by atoms with Crippen LogP contribution in [0.1, 0.15) is 15.9 Å². The van der Waals surface area contributed by atoms with Gasteiger partial charge in [0.2, 0.25) is 5.91 Å². The summed E-state index contributed by atoms with van der Waals surface area (Å²) in [6, 6.07) is 18.4. The van der Waals surface area contributed by atoms with Crippen molar-refractivity contribution in [3.05, 3.63) is 94.2 Å². The molecule has 0 aliphatic carbocycles. The highest BCUT2D eigenvalue weighted by molar-refractivity contribution is 6.35. The number of para-hydroxylation sites is 1. The molecule has 0 saturated carbocycles. The number of tetrazole rings is 1. The number of aromatic nitrogens is 6. The van der Waals surface area contributed by atoms with Gasteiger partial charge in [-0.1, -0.05) is 59.6 Å². The van der Waals surface area contributed by atoms with Crippen LogP contribution in [0.4, 0.5) is 5.82 Å². The van der Waals surface area contributed by atoms with Crippen LogP contribution in [0.3, 0.4) is 0 Å². The molecule has 2 aromatic heterocycles. The predicted octanol–water partition coefficient (Wildman–Crippen LogP) is 3.83. The molecular weight excluding hydrogens is 503 g/mol. The summed E-state index contributed by atoms with van der Waals surface area (Å²) < 4.78 is 1.34. The van der Waals surface area contributed by atoms with Gasteiger partial charge in [0, 0.05) is 16.8 Å². The molecule has 0 radical (unpaired) electrons. The molecule has 10 nitrogen and oxygen atoms in total. The van der Waals surface area contributed by atoms with Gasteiger partial charge in [-0.15, -0.1) is 5.10 Å². The van der Waals surface area contributed by atoms with E-state index in [-0.39, 0.29) is 12.0 Å². The number of H-pyrrole nitrogens is 1. The molecule has 12 heteroatoms. The third-order valence-corrected chi connectivity index (χ3v) is 6.04. The van der Waals surface area contributed by atoms with E-state index in [9.17, 15) is 9.59 Å². The van der Waals surface area contributed by atoms with Crippen molar-refractivity contribution in [1.29, 1.82) is 0 Å². The Morgan fingerprint density at radius 2 is 1.86 bits per heavy atom. The van der Waals surface area contributed by atoms with Gasteiger partial charge in [0.15, 0.2) is 5.82 Å². The summed E-state index contributed by atoms with van der Waals surface area (Å²) in [6.45, 7) is 0. The second-order valence-electron chi connectivity index (χ2n) is 7.86. The number of halogens is 2. The SMILES string of the molecule is O=C(N[C@@H](Cc1ccccc1)C(=O)Nc1n[nH]c2c(Cl)cccc12)c1cc(Cl)ccc1-n1cnnn1. The van der Waals surface area contributed by atoms with Gasteiger partial charge in [0.25, 0.3) is 5.91 Å². The molecule has 0 saturated heterocycles. The molecule has 5 aromatic rings. The zero-order chi connectivity index (χ0) is 25.1. The van der Waals surface area contributed by atoms with Crippen molar-refractivity contribution >= 4 is 51.7 Å². The predicted molar refractivity (Wildman–Crippen MR) is 135 cm³/mol. The van der Waals surface area contributed by atoms with Gasteiger partial charge in [-0.3, -0.25) is 14.7 Å². The molecular formula is C24H18Cl2N8O2. The molecule has 3 N–H and O–H groups in total. The quantitative estimate of drug-likeness (QED) is 0.299. The maximum atomic E-state index is 13.4. The molecule has 0 aliphatic heterocycles. The highest BCUT2D eigenvalue weighted by atomic mass is 35.5. The molecule has 0 spiro atoms. The summed E-state index contributed by atoms with van der Waals surface area (Å²) >= 11 is 12.4. The zero-order valence-corrected chi connectivity index (χ0v) is 20.0. The summed E-state index contributed by atoms with van der Waals surface area (Å²) in [6.07, 6.45) is 1.60. The molecule has 3 aromatic carbocycles. The average molecular weight is 521 g/mol. The van der Waals surface area contributed by atoms with Gasteiger partial charge >= 0.3 is 0 Å². The van der Waals surface area contributed by atoms with Gasteiger partial charge in [-0.25, -0.2) is 0 Å². The first-order valence-electron chi connectivity index (χ1n) is 10.8. The fourth-order valence-electron chi connectivity index (χ4n) is 3.76. The van der Waals surface area contributed by atoms with Crippen molar-refractivity contribution in [1.82, 2.24) is 35.7 Å². The maximum Gasteiger partial charge on any atom is 0.254 e. The number of aromatic amines is 1. The number of rotatable bonds is 7. The molecule has 5 rings (SSSR count). The lowest BCUT2D eigenvalue weighted by atomic mass is 10.0. The van der Waals surface area contributed by atoms with E-state index in [0.29, 0.717) is 32.5 Å². The maximum absolute atomic E-state index is 13.4. The molecule has 0 aliphatic rings. The largest absolute Gasteiger partial charge is 0.340 e. The van der Waals surface area contributed by atoms with Gasteiger partial charge in [0.1, 0.15) is 12.4 Å². The molecule has 0 fully saturated rings. The minimum absolute atomic E-state index is 0.206. The van der Waals surface area contributed by atoms with Gasteiger partial charge in [-0.05, 0) is 46.3 Å². The number of carbonyl (C=O) groups is 2. The van der Waals surface area contributed by atoms with Crippen molar-refractivity contribution < 1.29 is 9.59 Å². The lowest BCUT2D eigenvalue weighted by Crippen LogP contribution is -2.45. The second kappa shape index (κ2) is 10.1. The van der Waals surface area contributed by atoms with Crippen molar-refractivity contribution in [2.24, 2.45) is 0 Å². The smallest absolute Gasteiger partial charge is 0.254 e. The first kappa shape index (κ1) is 23.5. The zero-order valence-electron chi connectivity index (χ0n) is 18.5. The Morgan fingerprint density at radius 3 is 2.64 bits per heavy atom. The summed E-state index contributed by atoms with van der Waals surface area (Å²) in [5, 5.41) is 25.2. The minimum atomic E-state index is -0.938. The van der Waals surface area contributed by atoms with Crippen LogP contribution < -0.4 is 10.6 Å². The van der Waals surface area contributed by atoms with Crippen molar-refractivity contribution in [3.63, 3.8) is 0 Å². The fraction of sp³-hybridized carbons (Fsp3) is 0.0833. The van der Waals surface area contributed by atoms with Crippen LogP contribution in [0.5, 0.6) is 0 Å². The van der Waals surface area contributed by atoms with Crippen LogP contribution in [-0.4, -0.2) is 48.3 Å². The van der Waals surface area contributed by atoms with Crippen LogP contribution in [0.25, 0.3) is 16.6 Å². The summed E-state index contributed by atoms with van der Waals surface area (Å²) in [5.74, 6) is -0.664. The van der Waals surface area contributed by atoms with Crippen LogP contribution in [-0.2, 0) is 11.2 Å². The summed E-state index contributed by atoms with van der Waals surface area (Å²) in [4.78, 5) is 26.8. The number of amides is 2. The Bertz CT molecular complexity index is 1540. The number of hydrogen-bond acceptors (Lipinski definition) is 6. The Balaban J connectivity index is 1.45. The number of anilines is 1. The van der Waals surface area contributed by atoms with Gasteiger partial charge in [0.05, 0.1) is 21.8 Å². The number of carbonyl (C=O) groups excluding carboxylic acids is 2. The Kier molecular flexibility index (Phi) is 6.61. The number of nitrogens with one attached hydrogen (secondary N) is 3. The highest BCUT2D eigenvalue weighted by Crippen LogP contribution is 2.26. The van der Waals surface area contributed by atoms with E-state index >= 15 is 0 Å². The van der Waals surface area contributed by atoms with Crippen LogP contribution in [0, 0.1) is 0 Å². The van der Waals surface area contributed by atoms with Crippen LogP contribution in [0.15, 0.2) is 73.1 Å². The van der Waals surface area contributed by atoms with E-state index in [1.165, 1.54) is 17.1 Å². The van der Waals surface area contributed by atoms with E-state index in [2.05, 4.69) is 36.4 Å². The third kappa shape index (κ3) is 4.90. The Labute approximate surface area is 214 Å². The lowest BCUT2D eigenvalue weighted by Gasteiger charge is -2.19. The Morgan fingerprint density at radius 1 is 1.03 bits per heavy atom. The van der Waals surface area contributed by atoms with E-state index in [1.54, 1.807) is 30.3 Å². The average Bonchev–Trinajstić information content (AvgIpc) is 3.56.